The van der Waals surface area contributed by atoms with Crippen LogP contribution in [0, 0.1) is 6.92 Å². The van der Waals surface area contributed by atoms with Crippen LogP contribution in [0.5, 0.6) is 5.75 Å². The number of halogens is 3. The average molecular weight is 759 g/mol. The number of anilines is 2. The predicted molar refractivity (Wildman–Crippen MR) is 194 cm³/mol. The molecule has 286 valence electrons. The summed E-state index contributed by atoms with van der Waals surface area (Å²) in [5.41, 5.74) is 1.78. The van der Waals surface area contributed by atoms with Crippen molar-refractivity contribution in [3.8, 4) is 5.75 Å². The summed E-state index contributed by atoms with van der Waals surface area (Å²) in [7, 11) is 0. The Hall–Kier alpha value is -6.17. The second-order valence-electron chi connectivity index (χ2n) is 12.9. The number of benzene rings is 1. The molecule has 4 aromatic heterocycles. The van der Waals surface area contributed by atoms with E-state index in [0.29, 0.717) is 60.9 Å². The molecule has 0 radical (unpaired) electrons. The number of nitrogens with one attached hydrogen (secondary N) is 1. The van der Waals surface area contributed by atoms with Crippen molar-refractivity contribution >= 4 is 34.7 Å². The van der Waals surface area contributed by atoms with E-state index < -0.39 is 23.2 Å². The summed E-state index contributed by atoms with van der Waals surface area (Å²) in [5.74, 6) is -0.272. The Kier molecular flexibility index (Phi) is 10.6. The number of fused-ring (bicyclic) bond motifs is 1. The molecular weight excluding hydrogens is 721 g/mol. The minimum absolute atomic E-state index is 0.0730. The number of hydrogen-bond acceptors (Lipinski definition) is 11. The van der Waals surface area contributed by atoms with Gasteiger partial charge in [0.15, 0.2) is 17.3 Å². The van der Waals surface area contributed by atoms with Crippen LogP contribution in [0.1, 0.15) is 52.2 Å². The van der Waals surface area contributed by atoms with E-state index in [0.717, 1.165) is 23.3 Å². The fourth-order valence-electron chi connectivity index (χ4n) is 6.56. The van der Waals surface area contributed by atoms with E-state index in [9.17, 15) is 27.6 Å². The van der Waals surface area contributed by atoms with Crippen LogP contribution in [0.2, 0.25) is 0 Å². The molecule has 2 aliphatic heterocycles. The lowest BCUT2D eigenvalue weighted by molar-refractivity contribution is -0.137. The maximum atomic E-state index is 14.3. The number of rotatable bonds is 10. The van der Waals surface area contributed by atoms with Crippen molar-refractivity contribution in [2.45, 2.75) is 46.0 Å². The first-order valence-electron chi connectivity index (χ1n) is 17.7. The lowest BCUT2D eigenvalue weighted by Gasteiger charge is -2.36. The molecule has 15 nitrogen and oxygen atoms in total. The maximum absolute atomic E-state index is 14.3. The largest absolute Gasteiger partial charge is 0.485 e. The SMILES string of the molecule is CCc1c(N2CCN(C(=O)c3ncnc(C)c3OCc3ccccc3)CC2)c(=O)n2nc(C3=CCOCC3)nc2n1CC(=O)Nc1ccc(C(F)(F)F)cn1. The van der Waals surface area contributed by atoms with Gasteiger partial charge in [-0.3, -0.25) is 14.4 Å². The Morgan fingerprint density at radius 2 is 1.80 bits per heavy atom. The number of hydrogen-bond donors (Lipinski definition) is 1. The Balaban J connectivity index is 1.16. The molecule has 1 fully saturated rings. The number of nitrogens with zero attached hydrogens (tertiary/aromatic N) is 9. The van der Waals surface area contributed by atoms with Gasteiger partial charge in [0.2, 0.25) is 11.7 Å². The highest BCUT2D eigenvalue weighted by molar-refractivity contribution is 5.95. The van der Waals surface area contributed by atoms with Gasteiger partial charge in [-0.2, -0.15) is 22.7 Å². The van der Waals surface area contributed by atoms with Crippen LogP contribution in [0.3, 0.4) is 0 Å². The predicted octanol–water partition coefficient (Wildman–Crippen LogP) is 3.95. The second kappa shape index (κ2) is 15.7. The van der Waals surface area contributed by atoms with Gasteiger partial charge >= 0.3 is 6.18 Å². The number of carbonyl (C=O) groups excluding carboxylic acids is 2. The number of carbonyl (C=O) groups is 2. The summed E-state index contributed by atoms with van der Waals surface area (Å²) in [4.78, 5) is 62.1. The van der Waals surface area contributed by atoms with Crippen molar-refractivity contribution in [3.63, 3.8) is 0 Å². The molecule has 1 aromatic carbocycles. The highest BCUT2D eigenvalue weighted by Crippen LogP contribution is 2.29. The molecule has 0 bridgehead atoms. The standard InChI is InChI=1S/C37H37F3N10O5/c1-3-27-31(47-13-15-48(16-14-47)34(52)30-32(23(2)42-22-43-30)55-21-24-7-5-4-6-8-24)35(53)50-36(45-33(46-50)25-11-17-54-18-12-25)49(27)20-29(51)44-28-10-9-26(19-41-28)37(38,39)40/h4-11,19,22H,3,12-18,20-21H2,1-2H3,(H,41,44,51). The van der Waals surface area contributed by atoms with E-state index in [1.54, 1.807) is 16.4 Å². The second-order valence-corrected chi connectivity index (χ2v) is 12.9. The summed E-state index contributed by atoms with van der Waals surface area (Å²) >= 11 is 0. The van der Waals surface area contributed by atoms with E-state index in [-0.39, 0.29) is 62.5 Å². The molecule has 0 aliphatic carbocycles. The molecule has 2 amide bonds. The average Bonchev–Trinajstić information content (AvgIpc) is 3.65. The van der Waals surface area contributed by atoms with Gasteiger partial charge in [-0.15, -0.1) is 5.10 Å². The van der Waals surface area contributed by atoms with Gasteiger partial charge in [0.05, 0.1) is 30.2 Å². The van der Waals surface area contributed by atoms with Crippen molar-refractivity contribution < 1.29 is 32.2 Å². The van der Waals surface area contributed by atoms with Gasteiger partial charge in [-0.05, 0) is 43.0 Å². The number of pyridine rings is 1. The minimum atomic E-state index is -4.58. The molecule has 5 aromatic rings. The third kappa shape index (κ3) is 7.89. The van der Waals surface area contributed by atoms with Gasteiger partial charge < -0.3 is 29.2 Å². The number of amides is 2. The van der Waals surface area contributed by atoms with Crippen molar-refractivity contribution in [3.05, 3.63) is 105 Å². The summed E-state index contributed by atoms with van der Waals surface area (Å²) in [6.45, 7) is 5.33. The van der Waals surface area contributed by atoms with Gasteiger partial charge in [-0.1, -0.05) is 43.3 Å². The third-order valence-corrected chi connectivity index (χ3v) is 9.36. The first kappa shape index (κ1) is 37.2. The number of piperazine rings is 1. The molecule has 0 atom stereocenters. The zero-order valence-corrected chi connectivity index (χ0v) is 30.0. The van der Waals surface area contributed by atoms with Crippen LogP contribution >= 0.6 is 0 Å². The number of ether oxygens (including phenoxy) is 2. The first-order valence-corrected chi connectivity index (χ1v) is 17.7. The molecule has 0 spiro atoms. The summed E-state index contributed by atoms with van der Waals surface area (Å²) in [5, 5.41) is 7.12. The maximum Gasteiger partial charge on any atom is 0.417 e. The molecule has 2 aliphatic rings. The molecule has 1 N–H and O–H groups in total. The van der Waals surface area contributed by atoms with Gasteiger partial charge in [0.1, 0.15) is 31.0 Å². The van der Waals surface area contributed by atoms with Crippen molar-refractivity contribution in [1.29, 1.82) is 0 Å². The number of aryl methyl sites for hydroxylation is 1. The van der Waals surface area contributed by atoms with Crippen molar-refractivity contribution in [2.75, 3.05) is 49.6 Å². The van der Waals surface area contributed by atoms with Crippen LogP contribution in [0.25, 0.3) is 11.4 Å². The van der Waals surface area contributed by atoms with Crippen LogP contribution in [0.4, 0.5) is 24.7 Å². The fraction of sp³-hybridized carbons (Fsp3) is 0.351. The Labute approximate surface area is 312 Å². The normalized spacial score (nSPS) is 14.9. The highest BCUT2D eigenvalue weighted by atomic mass is 19.4. The molecule has 1 saturated heterocycles. The molecular formula is C37H37F3N10O5. The smallest absolute Gasteiger partial charge is 0.417 e. The molecule has 55 heavy (non-hydrogen) atoms. The van der Waals surface area contributed by atoms with Gasteiger partial charge in [0.25, 0.3) is 11.5 Å². The van der Waals surface area contributed by atoms with E-state index in [1.807, 2.05) is 48.2 Å². The van der Waals surface area contributed by atoms with E-state index in [2.05, 4.69) is 30.4 Å². The summed E-state index contributed by atoms with van der Waals surface area (Å²) in [6, 6.07) is 11.4. The lowest BCUT2D eigenvalue weighted by atomic mass is 10.1. The third-order valence-electron chi connectivity index (χ3n) is 9.36. The highest BCUT2D eigenvalue weighted by Gasteiger charge is 2.32. The van der Waals surface area contributed by atoms with Crippen LogP contribution in [-0.2, 0) is 35.3 Å². The molecule has 18 heteroatoms. The van der Waals surface area contributed by atoms with Gasteiger partial charge in [0, 0.05) is 32.4 Å². The lowest BCUT2D eigenvalue weighted by Crippen LogP contribution is -2.51. The van der Waals surface area contributed by atoms with Crippen LogP contribution in [0.15, 0.2) is 65.9 Å². The summed E-state index contributed by atoms with van der Waals surface area (Å²) in [6.07, 6.45) is 0.0656. The van der Waals surface area contributed by atoms with E-state index >= 15 is 0 Å². The van der Waals surface area contributed by atoms with E-state index in [4.69, 9.17) is 9.47 Å². The zero-order valence-electron chi connectivity index (χ0n) is 30.0. The Morgan fingerprint density at radius 3 is 2.47 bits per heavy atom. The van der Waals surface area contributed by atoms with Crippen molar-refractivity contribution in [1.82, 2.24) is 39.0 Å². The fourth-order valence-corrected chi connectivity index (χ4v) is 6.56. The van der Waals surface area contributed by atoms with Crippen LogP contribution < -0.4 is 20.5 Å². The quantitative estimate of drug-likeness (QED) is 0.220. The minimum Gasteiger partial charge on any atom is -0.485 e. The van der Waals surface area contributed by atoms with Crippen molar-refractivity contribution in [2.24, 2.45) is 0 Å². The first-order chi connectivity index (χ1) is 26.5. The molecule has 6 heterocycles. The van der Waals surface area contributed by atoms with Crippen LogP contribution in [-0.4, -0.2) is 90.2 Å². The Bertz CT molecular complexity index is 2300. The summed E-state index contributed by atoms with van der Waals surface area (Å²) < 4.78 is 53.5. The number of aromatic nitrogens is 7. The van der Waals surface area contributed by atoms with E-state index in [1.165, 1.54) is 10.8 Å². The molecule has 0 unspecified atom stereocenters. The molecule has 0 saturated carbocycles. The topological polar surface area (TPSA) is 162 Å². The Morgan fingerprint density at radius 1 is 1.02 bits per heavy atom. The monoisotopic (exact) mass is 758 g/mol. The van der Waals surface area contributed by atoms with Gasteiger partial charge in [-0.25, -0.2) is 15.0 Å². The molecule has 7 rings (SSSR count). The number of alkyl halides is 3. The zero-order chi connectivity index (χ0) is 38.7.